The van der Waals surface area contributed by atoms with E-state index in [9.17, 15) is 4.79 Å². The van der Waals surface area contributed by atoms with Crippen molar-refractivity contribution in [2.75, 3.05) is 5.32 Å². The lowest BCUT2D eigenvalue weighted by Gasteiger charge is -2.30. The third-order valence-electron chi connectivity index (χ3n) is 5.04. The zero-order chi connectivity index (χ0) is 18.7. The van der Waals surface area contributed by atoms with Crippen molar-refractivity contribution in [2.45, 2.75) is 12.3 Å². The van der Waals surface area contributed by atoms with Gasteiger partial charge in [0.25, 0.3) is 0 Å². The molecule has 0 atom stereocenters. The highest BCUT2D eigenvalue weighted by atomic mass is 16.2. The Bertz CT molecular complexity index is 1030. The maximum Gasteiger partial charge on any atom is 0.239 e. The van der Waals surface area contributed by atoms with Crippen LogP contribution in [0.4, 0.5) is 5.69 Å². The Morgan fingerprint density at radius 3 is 2.00 bits per heavy atom. The Morgan fingerprint density at radius 1 is 0.778 bits per heavy atom. The lowest BCUT2D eigenvalue weighted by atomic mass is 9.75. The van der Waals surface area contributed by atoms with Crippen LogP contribution in [0.25, 0.3) is 10.9 Å². The fraction of sp³-hybridized carbons (Fsp3) is 0.0833. The van der Waals surface area contributed by atoms with Gasteiger partial charge in [-0.1, -0.05) is 78.9 Å². The topological polar surface area (TPSA) is 42.0 Å². The van der Waals surface area contributed by atoms with Gasteiger partial charge in [0, 0.05) is 11.6 Å². The second kappa shape index (κ2) is 7.04. The molecule has 0 spiro atoms. The summed E-state index contributed by atoms with van der Waals surface area (Å²) in [5.41, 5.74) is 2.58. The largest absolute Gasteiger partial charge is 0.323 e. The zero-order valence-electron chi connectivity index (χ0n) is 15.1. The molecule has 1 heterocycles. The molecular formula is C24H20N2O. The molecule has 0 saturated carbocycles. The number of pyridine rings is 1. The molecule has 0 bridgehead atoms. The van der Waals surface area contributed by atoms with E-state index in [2.05, 4.69) is 10.3 Å². The van der Waals surface area contributed by atoms with Gasteiger partial charge in [-0.25, -0.2) is 0 Å². The number of hydrogen-bond donors (Lipinski definition) is 1. The van der Waals surface area contributed by atoms with Crippen LogP contribution in [-0.2, 0) is 10.2 Å². The van der Waals surface area contributed by atoms with Gasteiger partial charge < -0.3 is 5.32 Å². The first-order valence-corrected chi connectivity index (χ1v) is 8.96. The van der Waals surface area contributed by atoms with Crippen molar-refractivity contribution in [2.24, 2.45) is 0 Å². The highest BCUT2D eigenvalue weighted by Crippen LogP contribution is 2.34. The third-order valence-corrected chi connectivity index (χ3v) is 5.04. The summed E-state index contributed by atoms with van der Waals surface area (Å²) in [6.07, 6.45) is 1.74. The molecule has 132 valence electrons. The van der Waals surface area contributed by atoms with E-state index >= 15 is 0 Å². The summed E-state index contributed by atoms with van der Waals surface area (Å²) >= 11 is 0. The number of hydrogen-bond acceptors (Lipinski definition) is 2. The highest BCUT2D eigenvalue weighted by molar-refractivity contribution is 6.06. The minimum atomic E-state index is -0.820. The van der Waals surface area contributed by atoms with Crippen LogP contribution in [0.2, 0.25) is 0 Å². The Hall–Kier alpha value is -3.46. The van der Waals surface area contributed by atoms with Gasteiger partial charge >= 0.3 is 0 Å². The Kier molecular flexibility index (Phi) is 4.43. The number of nitrogens with zero attached hydrogens (tertiary/aromatic N) is 1. The molecule has 0 unspecified atom stereocenters. The summed E-state index contributed by atoms with van der Waals surface area (Å²) < 4.78 is 0. The molecule has 0 radical (unpaired) electrons. The van der Waals surface area contributed by atoms with Gasteiger partial charge in [0.15, 0.2) is 0 Å². The van der Waals surface area contributed by atoms with Crippen molar-refractivity contribution in [3.8, 4) is 0 Å². The average Bonchev–Trinajstić information content (AvgIpc) is 2.74. The van der Waals surface area contributed by atoms with E-state index in [4.69, 9.17) is 0 Å². The number of carbonyl (C=O) groups excluding carboxylic acids is 1. The predicted octanol–water partition coefficient (Wildman–Crippen LogP) is 5.18. The SMILES string of the molecule is CC(C(=O)Nc1cccc2cccnc12)(c1ccccc1)c1ccccc1. The van der Waals surface area contributed by atoms with Crippen LogP contribution in [0.3, 0.4) is 0 Å². The molecule has 3 aromatic carbocycles. The van der Waals surface area contributed by atoms with Crippen LogP contribution >= 0.6 is 0 Å². The highest BCUT2D eigenvalue weighted by Gasteiger charge is 2.37. The summed E-state index contributed by atoms with van der Waals surface area (Å²) in [4.78, 5) is 18.0. The maximum atomic E-state index is 13.5. The standard InChI is InChI=1S/C24H20N2O/c1-24(19-12-4-2-5-13-19,20-14-6-3-7-15-20)23(27)26-21-16-8-10-18-11-9-17-25-22(18)21/h2-17H,1H3,(H,26,27). The molecular weight excluding hydrogens is 332 g/mol. The Labute approximate surface area is 158 Å². The number of nitrogens with one attached hydrogen (secondary N) is 1. The molecule has 3 nitrogen and oxygen atoms in total. The summed E-state index contributed by atoms with van der Waals surface area (Å²) in [5.74, 6) is -0.0851. The second-order valence-electron chi connectivity index (χ2n) is 6.69. The monoisotopic (exact) mass is 352 g/mol. The maximum absolute atomic E-state index is 13.5. The van der Waals surface area contributed by atoms with Crippen LogP contribution in [0.1, 0.15) is 18.1 Å². The molecule has 3 heteroatoms. The van der Waals surface area contributed by atoms with E-state index in [1.165, 1.54) is 0 Å². The molecule has 4 rings (SSSR count). The van der Waals surface area contributed by atoms with Gasteiger partial charge in [0.2, 0.25) is 5.91 Å². The number of benzene rings is 3. The number of para-hydroxylation sites is 1. The molecule has 0 aliphatic rings. The first kappa shape index (κ1) is 17.0. The lowest BCUT2D eigenvalue weighted by Crippen LogP contribution is -2.38. The van der Waals surface area contributed by atoms with Gasteiger partial charge in [-0.15, -0.1) is 0 Å². The molecule has 4 aromatic rings. The normalized spacial score (nSPS) is 11.3. The van der Waals surface area contributed by atoms with E-state index < -0.39 is 5.41 Å². The molecule has 1 aromatic heterocycles. The number of anilines is 1. The van der Waals surface area contributed by atoms with Crippen LogP contribution < -0.4 is 5.32 Å². The number of carbonyl (C=O) groups is 1. The number of fused-ring (bicyclic) bond motifs is 1. The number of rotatable bonds is 4. The zero-order valence-corrected chi connectivity index (χ0v) is 15.1. The van der Waals surface area contributed by atoms with Gasteiger partial charge in [0.1, 0.15) is 0 Å². The van der Waals surface area contributed by atoms with E-state index in [0.29, 0.717) is 0 Å². The number of aromatic nitrogens is 1. The minimum absolute atomic E-state index is 0.0851. The van der Waals surface area contributed by atoms with Crippen LogP contribution in [0, 0.1) is 0 Å². The van der Waals surface area contributed by atoms with Crippen LogP contribution in [0.15, 0.2) is 97.2 Å². The Balaban J connectivity index is 1.80. The second-order valence-corrected chi connectivity index (χ2v) is 6.69. The minimum Gasteiger partial charge on any atom is -0.323 e. The Morgan fingerprint density at radius 2 is 1.37 bits per heavy atom. The fourth-order valence-electron chi connectivity index (χ4n) is 3.42. The van der Waals surface area contributed by atoms with E-state index in [-0.39, 0.29) is 5.91 Å². The molecule has 0 fully saturated rings. The van der Waals surface area contributed by atoms with Gasteiger partial charge in [0.05, 0.1) is 16.6 Å². The van der Waals surface area contributed by atoms with Crippen molar-refractivity contribution >= 4 is 22.5 Å². The summed E-state index contributed by atoms with van der Waals surface area (Å²) in [6, 6.07) is 29.4. The molecule has 27 heavy (non-hydrogen) atoms. The fourth-order valence-corrected chi connectivity index (χ4v) is 3.42. The van der Waals surface area contributed by atoms with Gasteiger partial charge in [-0.3, -0.25) is 9.78 Å². The van der Waals surface area contributed by atoms with Crippen molar-refractivity contribution in [1.82, 2.24) is 4.98 Å². The smallest absolute Gasteiger partial charge is 0.239 e. The number of amides is 1. The molecule has 1 amide bonds. The van der Waals surface area contributed by atoms with Crippen LogP contribution in [0.5, 0.6) is 0 Å². The molecule has 0 saturated heterocycles. The summed E-state index contributed by atoms with van der Waals surface area (Å²) in [6.45, 7) is 1.96. The van der Waals surface area contributed by atoms with Crippen molar-refractivity contribution in [3.05, 3.63) is 108 Å². The van der Waals surface area contributed by atoms with Crippen molar-refractivity contribution < 1.29 is 4.79 Å². The first-order chi connectivity index (χ1) is 13.2. The van der Waals surface area contributed by atoms with Crippen molar-refractivity contribution in [1.29, 1.82) is 0 Å². The van der Waals surface area contributed by atoms with E-state index in [1.807, 2.05) is 97.9 Å². The van der Waals surface area contributed by atoms with Crippen LogP contribution in [-0.4, -0.2) is 10.9 Å². The average molecular weight is 352 g/mol. The summed E-state index contributed by atoms with van der Waals surface area (Å²) in [5, 5.41) is 4.12. The van der Waals surface area contributed by atoms with Gasteiger partial charge in [-0.05, 0) is 30.2 Å². The van der Waals surface area contributed by atoms with Crippen molar-refractivity contribution in [3.63, 3.8) is 0 Å². The molecule has 0 aliphatic heterocycles. The van der Waals surface area contributed by atoms with E-state index in [1.54, 1.807) is 6.20 Å². The lowest BCUT2D eigenvalue weighted by molar-refractivity contribution is -0.119. The molecule has 0 aliphatic carbocycles. The quantitative estimate of drug-likeness (QED) is 0.550. The van der Waals surface area contributed by atoms with Gasteiger partial charge in [-0.2, -0.15) is 0 Å². The third kappa shape index (κ3) is 3.08. The predicted molar refractivity (Wildman–Crippen MR) is 110 cm³/mol. The van der Waals surface area contributed by atoms with E-state index in [0.717, 1.165) is 27.7 Å². The molecule has 1 N–H and O–H groups in total. The summed E-state index contributed by atoms with van der Waals surface area (Å²) in [7, 11) is 0. The first-order valence-electron chi connectivity index (χ1n) is 8.96.